The van der Waals surface area contributed by atoms with Gasteiger partial charge < -0.3 is 10.2 Å². The molecule has 1 N–H and O–H groups in total. The molecule has 1 heterocycles. The molecule has 0 bridgehead atoms. The number of hydrogen-bond donors (Lipinski definition) is 1. The Hall–Kier alpha value is -3.47. The average Bonchev–Trinajstić information content (AvgIpc) is 3.09. The van der Waals surface area contributed by atoms with Crippen LogP contribution in [0.5, 0.6) is 0 Å². The van der Waals surface area contributed by atoms with Crippen LogP contribution in [0.3, 0.4) is 0 Å². The van der Waals surface area contributed by atoms with Gasteiger partial charge in [-0.3, -0.25) is 14.4 Å². The monoisotopic (exact) mass is 372 g/mol. The van der Waals surface area contributed by atoms with E-state index in [4.69, 9.17) is 0 Å². The van der Waals surface area contributed by atoms with Crippen LogP contribution < -0.4 is 10.2 Å². The first-order valence-electron chi connectivity index (χ1n) is 9.23. The van der Waals surface area contributed by atoms with Crippen molar-refractivity contribution >= 4 is 39.7 Å². The molecule has 5 heteroatoms. The average molecular weight is 372 g/mol. The molecule has 1 atom stereocenters. The molecule has 1 saturated heterocycles. The lowest BCUT2D eigenvalue weighted by molar-refractivity contribution is -0.122. The Morgan fingerprint density at radius 2 is 1.75 bits per heavy atom. The second-order valence-corrected chi connectivity index (χ2v) is 7.03. The number of ketones is 1. The van der Waals surface area contributed by atoms with Gasteiger partial charge in [0.05, 0.1) is 11.6 Å². The number of fused-ring (bicyclic) bond motifs is 1. The molecular weight excluding hydrogens is 352 g/mol. The molecule has 0 aliphatic carbocycles. The van der Waals surface area contributed by atoms with Gasteiger partial charge in [-0.05, 0) is 30.5 Å². The Labute approximate surface area is 163 Å². The lowest BCUT2D eigenvalue weighted by atomic mass is 10.1. The zero-order chi connectivity index (χ0) is 19.7. The number of anilines is 2. The van der Waals surface area contributed by atoms with E-state index < -0.39 is 5.92 Å². The number of nitrogens with zero attached hydrogens (tertiary/aromatic N) is 1. The summed E-state index contributed by atoms with van der Waals surface area (Å²) in [5.41, 5.74) is 1.93. The molecule has 140 valence electrons. The van der Waals surface area contributed by atoms with E-state index in [0.29, 0.717) is 17.8 Å². The standard InChI is InChI=1S/C23H20N2O3/c1-15(26)17-8-4-9-19(12-17)24-23(28)18-13-22(27)25(14-18)21-11-5-7-16-6-2-3-10-20(16)21/h2-12,18H,13-14H2,1H3,(H,24,28)/t18-/m1/s1. The maximum absolute atomic E-state index is 12.7. The summed E-state index contributed by atoms with van der Waals surface area (Å²) in [7, 11) is 0. The maximum atomic E-state index is 12.7. The minimum absolute atomic E-state index is 0.0609. The fourth-order valence-corrected chi connectivity index (χ4v) is 3.62. The van der Waals surface area contributed by atoms with Crippen molar-refractivity contribution in [2.45, 2.75) is 13.3 Å². The highest BCUT2D eigenvalue weighted by Gasteiger charge is 2.35. The van der Waals surface area contributed by atoms with Gasteiger partial charge in [0.1, 0.15) is 0 Å². The van der Waals surface area contributed by atoms with Crippen molar-refractivity contribution in [1.82, 2.24) is 0 Å². The summed E-state index contributed by atoms with van der Waals surface area (Å²) >= 11 is 0. The van der Waals surface area contributed by atoms with Crippen LogP contribution in [0.25, 0.3) is 10.8 Å². The molecule has 1 aliphatic heterocycles. The number of rotatable bonds is 4. The predicted molar refractivity (Wildman–Crippen MR) is 109 cm³/mol. The number of Topliss-reactive ketones (excluding diaryl/α,β-unsaturated/α-hetero) is 1. The normalized spacial score (nSPS) is 16.4. The molecule has 5 nitrogen and oxygen atoms in total. The van der Waals surface area contributed by atoms with E-state index in [1.165, 1.54) is 6.92 Å². The van der Waals surface area contributed by atoms with E-state index in [2.05, 4.69) is 5.32 Å². The Morgan fingerprint density at radius 1 is 1.00 bits per heavy atom. The second-order valence-electron chi connectivity index (χ2n) is 7.03. The van der Waals surface area contributed by atoms with E-state index >= 15 is 0 Å². The van der Waals surface area contributed by atoms with Gasteiger partial charge in [-0.15, -0.1) is 0 Å². The van der Waals surface area contributed by atoms with Gasteiger partial charge in [0.2, 0.25) is 11.8 Å². The summed E-state index contributed by atoms with van der Waals surface area (Å²) in [6.07, 6.45) is 0.168. The highest BCUT2D eigenvalue weighted by molar-refractivity contribution is 6.08. The van der Waals surface area contributed by atoms with Crippen molar-refractivity contribution in [1.29, 1.82) is 0 Å². The number of nitrogens with one attached hydrogen (secondary N) is 1. The zero-order valence-electron chi connectivity index (χ0n) is 15.5. The van der Waals surface area contributed by atoms with Gasteiger partial charge in [-0.25, -0.2) is 0 Å². The predicted octanol–water partition coefficient (Wildman–Crippen LogP) is 4.03. The lowest BCUT2D eigenvalue weighted by Crippen LogP contribution is -2.28. The smallest absolute Gasteiger partial charge is 0.229 e. The van der Waals surface area contributed by atoms with Crippen LogP contribution in [0.1, 0.15) is 23.7 Å². The molecule has 0 aromatic heterocycles. The number of carbonyl (C=O) groups is 3. The quantitative estimate of drug-likeness (QED) is 0.703. The van der Waals surface area contributed by atoms with E-state index in [-0.39, 0.29) is 24.0 Å². The van der Waals surface area contributed by atoms with E-state index in [1.807, 2.05) is 42.5 Å². The van der Waals surface area contributed by atoms with Gasteiger partial charge >= 0.3 is 0 Å². The van der Waals surface area contributed by atoms with Gasteiger partial charge in [0, 0.05) is 29.6 Å². The third-order valence-corrected chi connectivity index (χ3v) is 5.09. The Morgan fingerprint density at radius 3 is 2.57 bits per heavy atom. The molecule has 1 aliphatic rings. The number of amides is 2. The van der Waals surface area contributed by atoms with Crippen LogP contribution in [-0.4, -0.2) is 24.1 Å². The topological polar surface area (TPSA) is 66.5 Å². The summed E-state index contributed by atoms with van der Waals surface area (Å²) in [5, 5.41) is 4.89. The van der Waals surface area contributed by atoms with Gasteiger partial charge in [0.25, 0.3) is 0 Å². The van der Waals surface area contributed by atoms with Crippen molar-refractivity contribution in [3.8, 4) is 0 Å². The minimum atomic E-state index is -0.438. The Balaban J connectivity index is 1.54. The first-order chi connectivity index (χ1) is 13.5. The molecule has 28 heavy (non-hydrogen) atoms. The SMILES string of the molecule is CC(=O)c1cccc(NC(=O)[C@@H]2CC(=O)N(c3cccc4ccccc34)C2)c1. The summed E-state index contributed by atoms with van der Waals surface area (Å²) in [4.78, 5) is 38.6. The second kappa shape index (κ2) is 7.27. The Kier molecular flexibility index (Phi) is 4.65. The largest absolute Gasteiger partial charge is 0.326 e. The van der Waals surface area contributed by atoms with Crippen LogP contribution in [0.2, 0.25) is 0 Å². The van der Waals surface area contributed by atoms with E-state index in [9.17, 15) is 14.4 Å². The van der Waals surface area contributed by atoms with E-state index in [1.54, 1.807) is 29.2 Å². The van der Waals surface area contributed by atoms with Crippen molar-refractivity contribution in [2.75, 3.05) is 16.8 Å². The first kappa shape index (κ1) is 17.9. The fraction of sp³-hybridized carbons (Fsp3) is 0.174. The van der Waals surface area contributed by atoms with Crippen LogP contribution in [0.15, 0.2) is 66.7 Å². The van der Waals surface area contributed by atoms with Gasteiger partial charge in [0.15, 0.2) is 5.78 Å². The number of hydrogen-bond acceptors (Lipinski definition) is 3. The molecule has 0 unspecified atom stereocenters. The van der Waals surface area contributed by atoms with Crippen molar-refractivity contribution < 1.29 is 14.4 Å². The maximum Gasteiger partial charge on any atom is 0.229 e. The minimum Gasteiger partial charge on any atom is -0.326 e. The van der Waals surface area contributed by atoms with Crippen molar-refractivity contribution in [2.24, 2.45) is 5.92 Å². The molecule has 2 amide bonds. The molecule has 0 radical (unpaired) electrons. The number of benzene rings is 3. The van der Waals surface area contributed by atoms with Crippen LogP contribution in [0, 0.1) is 5.92 Å². The van der Waals surface area contributed by atoms with E-state index in [0.717, 1.165) is 16.5 Å². The van der Waals surface area contributed by atoms with Gasteiger partial charge in [-0.1, -0.05) is 48.5 Å². The van der Waals surface area contributed by atoms with Crippen LogP contribution in [-0.2, 0) is 9.59 Å². The zero-order valence-corrected chi connectivity index (χ0v) is 15.5. The van der Waals surface area contributed by atoms with Gasteiger partial charge in [-0.2, -0.15) is 0 Å². The Bertz CT molecular complexity index is 1080. The first-order valence-corrected chi connectivity index (χ1v) is 9.23. The highest BCUT2D eigenvalue weighted by Crippen LogP contribution is 2.32. The third kappa shape index (κ3) is 3.39. The molecule has 0 saturated carbocycles. The molecule has 1 fully saturated rings. The fourth-order valence-electron chi connectivity index (χ4n) is 3.62. The molecular formula is C23H20N2O3. The lowest BCUT2D eigenvalue weighted by Gasteiger charge is -2.19. The molecule has 4 rings (SSSR count). The van der Waals surface area contributed by atoms with Crippen molar-refractivity contribution in [3.63, 3.8) is 0 Å². The highest BCUT2D eigenvalue weighted by atomic mass is 16.2. The molecule has 3 aromatic rings. The number of carbonyl (C=O) groups excluding carboxylic acids is 3. The third-order valence-electron chi connectivity index (χ3n) is 5.09. The summed E-state index contributed by atoms with van der Waals surface area (Å²) in [6.45, 7) is 1.82. The summed E-state index contributed by atoms with van der Waals surface area (Å²) in [6, 6.07) is 20.6. The molecule has 3 aromatic carbocycles. The summed E-state index contributed by atoms with van der Waals surface area (Å²) in [5.74, 6) is -0.771. The van der Waals surface area contributed by atoms with Crippen LogP contribution in [0.4, 0.5) is 11.4 Å². The van der Waals surface area contributed by atoms with Crippen molar-refractivity contribution in [3.05, 3.63) is 72.3 Å². The molecule has 0 spiro atoms. The van der Waals surface area contributed by atoms with Crippen LogP contribution >= 0.6 is 0 Å². The summed E-state index contributed by atoms with van der Waals surface area (Å²) < 4.78 is 0.